The van der Waals surface area contributed by atoms with Crippen molar-refractivity contribution in [1.82, 2.24) is 0 Å². The molecule has 126 valence electrons. The van der Waals surface area contributed by atoms with E-state index in [1.807, 2.05) is 0 Å². The fourth-order valence-corrected chi connectivity index (χ4v) is 20.1. The summed E-state index contributed by atoms with van der Waals surface area (Å²) in [4.78, 5) is 0. The number of hydrogen-bond acceptors (Lipinski definition) is 0. The average Bonchev–Trinajstić information content (AvgIpc) is 2.47. The molecular weight excluding hydrogens is 371 g/mol. The van der Waals surface area contributed by atoms with Crippen LogP contribution >= 0.6 is 0 Å². The van der Waals surface area contributed by atoms with Crippen LogP contribution in [0.5, 0.6) is 0 Å². The topological polar surface area (TPSA) is 0 Å². The van der Waals surface area contributed by atoms with Gasteiger partial charge in [0.15, 0.2) is 0 Å². The van der Waals surface area contributed by atoms with Gasteiger partial charge in [-0.25, -0.2) is 0 Å². The third-order valence-corrected chi connectivity index (χ3v) is 20.5. The first-order valence-electron chi connectivity index (χ1n) is 9.62. The van der Waals surface area contributed by atoms with Gasteiger partial charge in [0.25, 0.3) is 0 Å². The van der Waals surface area contributed by atoms with E-state index in [1.165, 1.54) is 54.1 Å². The molecular formula is C21H38Sn. The molecule has 0 saturated carbocycles. The molecule has 1 aromatic rings. The van der Waals surface area contributed by atoms with Crippen molar-refractivity contribution in [1.29, 1.82) is 0 Å². The van der Waals surface area contributed by atoms with E-state index < -0.39 is 18.4 Å². The summed E-state index contributed by atoms with van der Waals surface area (Å²) in [5.74, 6) is 0. The summed E-state index contributed by atoms with van der Waals surface area (Å²) in [5.41, 5.74) is 4.57. The van der Waals surface area contributed by atoms with Crippen LogP contribution < -0.4 is 0 Å². The Morgan fingerprint density at radius 3 is 1.45 bits per heavy atom. The number of rotatable bonds is 11. The van der Waals surface area contributed by atoms with Gasteiger partial charge in [0.2, 0.25) is 0 Å². The quantitative estimate of drug-likeness (QED) is 0.338. The van der Waals surface area contributed by atoms with Gasteiger partial charge in [0.1, 0.15) is 0 Å². The van der Waals surface area contributed by atoms with Crippen molar-refractivity contribution < 1.29 is 0 Å². The molecule has 0 aliphatic carbocycles. The maximum absolute atomic E-state index is 2.47. The Kier molecular flexibility index (Phi) is 9.79. The average molecular weight is 409 g/mol. The summed E-state index contributed by atoms with van der Waals surface area (Å²) in [5, 5.41) is 0. The van der Waals surface area contributed by atoms with Crippen molar-refractivity contribution in [3.05, 3.63) is 34.9 Å². The molecule has 1 heteroatoms. The van der Waals surface area contributed by atoms with Crippen LogP contribution in [0.25, 0.3) is 0 Å². The maximum atomic E-state index is 2.47. The summed E-state index contributed by atoms with van der Waals surface area (Å²) in [6.45, 7) is 11.6. The van der Waals surface area contributed by atoms with Crippen LogP contribution in [0.2, 0.25) is 13.3 Å². The first kappa shape index (κ1) is 20.1. The zero-order chi connectivity index (χ0) is 16.4. The van der Waals surface area contributed by atoms with Crippen molar-refractivity contribution >= 4 is 18.4 Å². The zero-order valence-electron chi connectivity index (χ0n) is 15.8. The molecule has 0 nitrogen and oxygen atoms in total. The van der Waals surface area contributed by atoms with Gasteiger partial charge in [0.05, 0.1) is 0 Å². The molecule has 0 saturated heterocycles. The molecule has 0 N–H and O–H groups in total. The Hall–Kier alpha value is 0.0187. The first-order valence-corrected chi connectivity index (χ1v) is 17.7. The summed E-state index contributed by atoms with van der Waals surface area (Å²) >= 11 is -2.01. The second-order valence-corrected chi connectivity index (χ2v) is 21.3. The van der Waals surface area contributed by atoms with Gasteiger partial charge in [-0.15, -0.1) is 0 Å². The standard InChI is InChI=1S/C9H11.3C4H9.Sn/c1-7-4-8(2)6-9(3)5-7;3*1-3-4-2;/h4-6H,1H2,2-3H3;3*1,3-4H2,2H3;. The van der Waals surface area contributed by atoms with E-state index >= 15 is 0 Å². The minimum atomic E-state index is -2.01. The number of benzene rings is 1. The molecule has 0 aliphatic rings. The van der Waals surface area contributed by atoms with E-state index in [9.17, 15) is 0 Å². The second-order valence-electron chi connectivity index (χ2n) is 7.48. The summed E-state index contributed by atoms with van der Waals surface area (Å²) in [6.07, 6.45) is 8.58. The van der Waals surface area contributed by atoms with Crippen LogP contribution in [0.1, 0.15) is 76.0 Å². The Labute approximate surface area is 144 Å². The molecule has 0 heterocycles. The normalized spacial score (nSPS) is 11.9. The van der Waals surface area contributed by atoms with Crippen LogP contribution in [-0.2, 0) is 4.44 Å². The fraction of sp³-hybridized carbons (Fsp3) is 0.714. The SMILES string of the molecule is CCC[CH2][Sn]([CH2]CCC)([CH2]CCC)[CH2]c1cc(C)cc(C)c1. The summed E-state index contributed by atoms with van der Waals surface area (Å²) < 4.78 is 6.37. The van der Waals surface area contributed by atoms with E-state index in [2.05, 4.69) is 52.8 Å². The van der Waals surface area contributed by atoms with Crippen LogP contribution in [0.15, 0.2) is 18.2 Å². The van der Waals surface area contributed by atoms with Gasteiger partial charge in [-0.2, -0.15) is 0 Å². The Bertz CT molecular complexity index is 380. The monoisotopic (exact) mass is 410 g/mol. The molecule has 1 aromatic carbocycles. The van der Waals surface area contributed by atoms with Crippen molar-refractivity contribution in [2.45, 2.75) is 90.9 Å². The Morgan fingerprint density at radius 1 is 0.682 bits per heavy atom. The van der Waals surface area contributed by atoms with Crippen molar-refractivity contribution in [2.24, 2.45) is 0 Å². The molecule has 0 spiro atoms. The van der Waals surface area contributed by atoms with Crippen molar-refractivity contribution in [3.8, 4) is 0 Å². The number of hydrogen-bond donors (Lipinski definition) is 0. The molecule has 22 heavy (non-hydrogen) atoms. The number of aryl methyl sites for hydroxylation is 2. The Balaban J connectivity index is 2.97. The molecule has 0 atom stereocenters. The Morgan fingerprint density at radius 2 is 1.09 bits per heavy atom. The van der Waals surface area contributed by atoms with Crippen LogP contribution in [-0.4, -0.2) is 18.4 Å². The van der Waals surface area contributed by atoms with Gasteiger partial charge in [-0.1, -0.05) is 0 Å². The predicted octanol–water partition coefficient (Wildman–Crippen LogP) is 7.23. The predicted molar refractivity (Wildman–Crippen MR) is 105 cm³/mol. The van der Waals surface area contributed by atoms with Gasteiger partial charge < -0.3 is 0 Å². The van der Waals surface area contributed by atoms with Gasteiger partial charge >= 0.3 is 144 Å². The van der Waals surface area contributed by atoms with Crippen LogP contribution in [0.4, 0.5) is 0 Å². The first-order chi connectivity index (χ1) is 10.5. The molecule has 0 amide bonds. The third-order valence-electron chi connectivity index (χ3n) is 5.04. The molecule has 0 unspecified atom stereocenters. The van der Waals surface area contributed by atoms with Crippen LogP contribution in [0, 0.1) is 13.8 Å². The fourth-order valence-electron chi connectivity index (χ4n) is 3.90. The van der Waals surface area contributed by atoms with E-state index in [0.717, 1.165) is 0 Å². The van der Waals surface area contributed by atoms with E-state index in [0.29, 0.717) is 0 Å². The second kappa shape index (κ2) is 10.7. The minimum absolute atomic E-state index is 1.38. The molecule has 0 bridgehead atoms. The molecule has 0 aliphatic heterocycles. The summed E-state index contributed by atoms with van der Waals surface area (Å²) in [6, 6.07) is 7.27. The van der Waals surface area contributed by atoms with Crippen molar-refractivity contribution in [2.75, 3.05) is 0 Å². The molecule has 0 radical (unpaired) electrons. The molecule has 1 rings (SSSR count). The van der Waals surface area contributed by atoms with Gasteiger partial charge in [-0.05, 0) is 0 Å². The molecule has 0 fully saturated rings. The third kappa shape index (κ3) is 7.06. The summed E-state index contributed by atoms with van der Waals surface area (Å²) in [7, 11) is 0. The number of unbranched alkanes of at least 4 members (excludes halogenated alkanes) is 3. The van der Waals surface area contributed by atoms with Crippen molar-refractivity contribution in [3.63, 3.8) is 0 Å². The van der Waals surface area contributed by atoms with E-state index in [1.54, 1.807) is 18.9 Å². The van der Waals surface area contributed by atoms with E-state index in [-0.39, 0.29) is 0 Å². The van der Waals surface area contributed by atoms with Gasteiger partial charge in [-0.3, -0.25) is 0 Å². The molecule has 0 aromatic heterocycles. The van der Waals surface area contributed by atoms with Gasteiger partial charge in [0, 0.05) is 0 Å². The van der Waals surface area contributed by atoms with E-state index in [4.69, 9.17) is 0 Å². The van der Waals surface area contributed by atoms with Crippen LogP contribution in [0.3, 0.4) is 0 Å². The zero-order valence-corrected chi connectivity index (χ0v) is 18.7.